The zero-order chi connectivity index (χ0) is 18.8. The molecule has 0 aromatic heterocycles. The molecule has 0 aliphatic heterocycles. The van der Waals surface area contributed by atoms with Crippen LogP contribution in [0, 0.1) is 0 Å². The summed E-state index contributed by atoms with van der Waals surface area (Å²) < 4.78 is 17.2. The molecule has 0 aromatic carbocycles. The summed E-state index contributed by atoms with van der Waals surface area (Å²) in [4.78, 5) is 14.8. The number of hydrogen-bond acceptors (Lipinski definition) is 5. The molecule has 0 bridgehead atoms. The van der Waals surface area contributed by atoms with Crippen molar-refractivity contribution in [2.45, 2.75) is 104 Å². The quantitative estimate of drug-likeness (QED) is 0.143. The van der Waals surface area contributed by atoms with Crippen LogP contribution in [0.4, 0.5) is 0 Å². The average Bonchev–Trinajstić information content (AvgIpc) is 2.58. The predicted molar refractivity (Wildman–Crippen MR) is 101 cm³/mol. The summed E-state index contributed by atoms with van der Waals surface area (Å²) in [5.41, 5.74) is 0. The van der Waals surface area contributed by atoms with Crippen molar-refractivity contribution in [2.24, 2.45) is 4.99 Å². The third-order valence-corrected chi connectivity index (χ3v) is 4.20. The fourth-order valence-corrected chi connectivity index (χ4v) is 3.05. The molecule has 0 amide bonds. The summed E-state index contributed by atoms with van der Waals surface area (Å²) in [6, 6.07) is -0.178. The van der Waals surface area contributed by atoms with Gasteiger partial charge in [0.15, 0.2) is 0 Å². The van der Waals surface area contributed by atoms with Gasteiger partial charge in [0.2, 0.25) is 6.08 Å². The maximum absolute atomic E-state index is 10.8. The lowest BCUT2D eigenvalue weighted by molar-refractivity contribution is -0.381. The summed E-state index contributed by atoms with van der Waals surface area (Å²) in [5, 5.41) is 0. The lowest BCUT2D eigenvalue weighted by Crippen LogP contribution is -2.42. The lowest BCUT2D eigenvalue weighted by Gasteiger charge is -2.34. The van der Waals surface area contributed by atoms with E-state index in [1.54, 1.807) is 6.08 Å². The fourth-order valence-electron chi connectivity index (χ4n) is 3.05. The van der Waals surface area contributed by atoms with E-state index in [0.717, 1.165) is 12.8 Å². The minimum Gasteiger partial charge on any atom is -0.328 e. The van der Waals surface area contributed by atoms with Crippen LogP contribution in [0.3, 0.4) is 0 Å². The first-order chi connectivity index (χ1) is 12.2. The largest absolute Gasteiger partial charge is 0.328 e. The van der Waals surface area contributed by atoms with Gasteiger partial charge in [0, 0.05) is 19.8 Å². The van der Waals surface area contributed by atoms with E-state index >= 15 is 0 Å². The van der Waals surface area contributed by atoms with E-state index in [2.05, 4.69) is 11.9 Å². The van der Waals surface area contributed by atoms with E-state index in [0.29, 0.717) is 26.2 Å². The number of rotatable bonds is 18. The molecule has 0 saturated carbocycles. The number of carbonyl (C=O) groups excluding carboxylic acids is 1. The Bertz CT molecular complexity index is 326. The molecule has 0 radical (unpaired) electrons. The van der Waals surface area contributed by atoms with Crippen molar-refractivity contribution < 1.29 is 19.0 Å². The minimum atomic E-state index is -1.11. The second-order valence-corrected chi connectivity index (χ2v) is 6.32. The van der Waals surface area contributed by atoms with Crippen LogP contribution in [0.15, 0.2) is 4.99 Å². The van der Waals surface area contributed by atoms with Gasteiger partial charge in [-0.2, -0.15) is 0 Å². The van der Waals surface area contributed by atoms with Crippen molar-refractivity contribution in [3.63, 3.8) is 0 Å². The molecule has 0 N–H and O–H groups in total. The van der Waals surface area contributed by atoms with Crippen molar-refractivity contribution in [1.29, 1.82) is 0 Å². The smallest absolute Gasteiger partial charge is 0.285 e. The summed E-state index contributed by atoms with van der Waals surface area (Å²) in [5.74, 6) is -1.11. The lowest BCUT2D eigenvalue weighted by atomic mass is 10.0. The Kier molecular flexibility index (Phi) is 16.2. The molecule has 0 heterocycles. The van der Waals surface area contributed by atoms with Gasteiger partial charge < -0.3 is 14.2 Å². The van der Waals surface area contributed by atoms with Gasteiger partial charge in [0.05, 0.1) is 12.5 Å². The third kappa shape index (κ3) is 12.3. The summed E-state index contributed by atoms with van der Waals surface area (Å²) in [6.07, 6.45) is 13.0. The molecule has 0 rings (SSSR count). The summed E-state index contributed by atoms with van der Waals surface area (Å²) >= 11 is 0. The molecule has 5 heteroatoms. The van der Waals surface area contributed by atoms with Gasteiger partial charge in [-0.3, -0.25) is 0 Å². The maximum Gasteiger partial charge on any atom is 0.285 e. The van der Waals surface area contributed by atoms with Gasteiger partial charge in [0.1, 0.15) is 0 Å². The number of unbranched alkanes of at least 4 members (excludes halogenated alkanes) is 7. The summed E-state index contributed by atoms with van der Waals surface area (Å²) in [7, 11) is 0. The first-order valence-electron chi connectivity index (χ1n) is 10.2. The Morgan fingerprint density at radius 1 is 0.800 bits per heavy atom. The van der Waals surface area contributed by atoms with Gasteiger partial charge in [-0.15, -0.1) is 0 Å². The number of aliphatic imine (C=N–C) groups is 1. The standard InChI is InChI=1S/C20H39NO4/c1-5-9-10-11-12-13-14-15-16-19(21-18-22)17-20(23-6-2,24-7-3)25-8-4/h19H,5-17H2,1-4H3. The SMILES string of the molecule is CCCCCCCCCCC(CC(OCC)(OCC)OCC)N=C=O. The number of nitrogens with zero attached hydrogens (tertiary/aromatic N) is 1. The predicted octanol–water partition coefficient (Wildman–Crippen LogP) is 5.38. The van der Waals surface area contributed by atoms with Gasteiger partial charge >= 0.3 is 0 Å². The highest BCUT2D eigenvalue weighted by molar-refractivity contribution is 5.33. The molecule has 5 nitrogen and oxygen atoms in total. The third-order valence-electron chi connectivity index (χ3n) is 4.20. The van der Waals surface area contributed by atoms with E-state index in [1.807, 2.05) is 20.8 Å². The van der Waals surface area contributed by atoms with Crippen molar-refractivity contribution >= 4 is 6.08 Å². The molecular weight excluding hydrogens is 318 g/mol. The zero-order valence-corrected chi connectivity index (χ0v) is 16.8. The second kappa shape index (κ2) is 16.7. The zero-order valence-electron chi connectivity index (χ0n) is 16.8. The first-order valence-corrected chi connectivity index (χ1v) is 10.2. The van der Waals surface area contributed by atoms with Crippen LogP contribution < -0.4 is 0 Å². The second-order valence-electron chi connectivity index (χ2n) is 6.32. The molecule has 0 saturated heterocycles. The van der Waals surface area contributed by atoms with Crippen LogP contribution in [-0.2, 0) is 19.0 Å². The Morgan fingerprint density at radius 2 is 1.28 bits per heavy atom. The number of ether oxygens (including phenoxy) is 3. The topological polar surface area (TPSA) is 57.1 Å². The molecule has 0 aromatic rings. The first kappa shape index (κ1) is 24.3. The Labute approximate surface area is 154 Å². The molecule has 0 aliphatic rings. The van der Waals surface area contributed by atoms with Crippen molar-refractivity contribution in [1.82, 2.24) is 0 Å². The molecule has 25 heavy (non-hydrogen) atoms. The van der Waals surface area contributed by atoms with Gasteiger partial charge in [-0.1, -0.05) is 58.3 Å². The summed E-state index contributed by atoms with van der Waals surface area (Å²) in [6.45, 7) is 9.40. The molecule has 1 atom stereocenters. The van der Waals surface area contributed by atoms with Crippen molar-refractivity contribution in [3.05, 3.63) is 0 Å². The Hall–Kier alpha value is -0.740. The van der Waals surface area contributed by atoms with Crippen LogP contribution >= 0.6 is 0 Å². The minimum absolute atomic E-state index is 0.178. The monoisotopic (exact) mass is 357 g/mol. The maximum atomic E-state index is 10.8. The van der Waals surface area contributed by atoms with Crippen LogP contribution in [0.5, 0.6) is 0 Å². The van der Waals surface area contributed by atoms with E-state index in [4.69, 9.17) is 14.2 Å². The van der Waals surface area contributed by atoms with Crippen molar-refractivity contribution in [3.8, 4) is 0 Å². The Balaban J connectivity index is 4.37. The average molecular weight is 358 g/mol. The van der Waals surface area contributed by atoms with E-state index in [1.165, 1.54) is 44.9 Å². The molecule has 0 aliphatic carbocycles. The highest BCUT2D eigenvalue weighted by Crippen LogP contribution is 2.26. The van der Waals surface area contributed by atoms with Gasteiger partial charge in [-0.25, -0.2) is 9.79 Å². The van der Waals surface area contributed by atoms with Gasteiger partial charge in [0.25, 0.3) is 5.97 Å². The van der Waals surface area contributed by atoms with Crippen LogP contribution in [0.25, 0.3) is 0 Å². The van der Waals surface area contributed by atoms with E-state index < -0.39 is 5.97 Å². The van der Waals surface area contributed by atoms with Crippen LogP contribution in [0.1, 0.15) is 91.9 Å². The molecular formula is C20H39NO4. The molecule has 1 unspecified atom stereocenters. The van der Waals surface area contributed by atoms with Crippen molar-refractivity contribution in [2.75, 3.05) is 19.8 Å². The molecule has 148 valence electrons. The molecule has 0 spiro atoms. The fraction of sp³-hybridized carbons (Fsp3) is 0.950. The van der Waals surface area contributed by atoms with E-state index in [9.17, 15) is 4.79 Å². The molecule has 0 fully saturated rings. The number of isocyanates is 1. The van der Waals surface area contributed by atoms with E-state index in [-0.39, 0.29) is 6.04 Å². The highest BCUT2D eigenvalue weighted by atomic mass is 16.9. The Morgan fingerprint density at radius 3 is 1.72 bits per heavy atom. The normalized spacial score (nSPS) is 12.8. The number of hydrogen-bond donors (Lipinski definition) is 0. The highest BCUT2D eigenvalue weighted by Gasteiger charge is 2.35. The van der Waals surface area contributed by atoms with Crippen LogP contribution in [-0.4, -0.2) is 37.9 Å². The van der Waals surface area contributed by atoms with Crippen LogP contribution in [0.2, 0.25) is 0 Å². The van der Waals surface area contributed by atoms with Gasteiger partial charge in [-0.05, 0) is 27.2 Å².